The fourth-order valence-electron chi connectivity index (χ4n) is 4.19. The second-order valence-corrected chi connectivity index (χ2v) is 7.63. The molecule has 0 fully saturated rings. The summed E-state index contributed by atoms with van der Waals surface area (Å²) in [5.74, 6) is 0. The van der Waals surface area contributed by atoms with Crippen LogP contribution < -0.4 is 0 Å². The van der Waals surface area contributed by atoms with Gasteiger partial charge in [0.25, 0.3) is 0 Å². The zero-order chi connectivity index (χ0) is 19.0. The zero-order valence-electron chi connectivity index (χ0n) is 14.7. The molecule has 2 aliphatic heterocycles. The van der Waals surface area contributed by atoms with Gasteiger partial charge in [-0.3, -0.25) is 4.98 Å². The third kappa shape index (κ3) is 2.12. The van der Waals surface area contributed by atoms with Crippen LogP contribution in [-0.4, -0.2) is 26.6 Å². The Hall–Kier alpha value is -1.92. The van der Waals surface area contributed by atoms with Crippen molar-refractivity contribution >= 4 is 41.5 Å². The van der Waals surface area contributed by atoms with Gasteiger partial charge in [-0.1, -0.05) is 23.2 Å². The first-order valence-corrected chi connectivity index (χ1v) is 8.98. The SMILES string of the molecule is CC1=CC(C)=[N+]2C1=C(c1c(Cl)cncc1Cl)c1c(C)cc(C)n1[B-]2(F)F. The van der Waals surface area contributed by atoms with Crippen LogP contribution in [0.1, 0.15) is 36.4 Å². The lowest BCUT2D eigenvalue weighted by Crippen LogP contribution is -2.51. The molecule has 2 aromatic rings. The molecule has 26 heavy (non-hydrogen) atoms. The maximum absolute atomic E-state index is 15.5. The van der Waals surface area contributed by atoms with E-state index >= 15 is 8.63 Å². The van der Waals surface area contributed by atoms with Gasteiger partial charge in [-0.2, -0.15) is 0 Å². The number of hydrogen-bond donors (Lipinski definition) is 0. The molecule has 0 unspecified atom stereocenters. The monoisotopic (exact) mass is 393 g/mol. The van der Waals surface area contributed by atoms with Crippen molar-refractivity contribution in [1.82, 2.24) is 9.46 Å². The lowest BCUT2D eigenvalue weighted by molar-refractivity contribution is -0.363. The minimum Gasteiger partial charge on any atom is -0.393 e. The molecule has 0 atom stereocenters. The van der Waals surface area contributed by atoms with Gasteiger partial charge in [0, 0.05) is 42.2 Å². The van der Waals surface area contributed by atoms with Gasteiger partial charge in [-0.05, 0) is 38.1 Å². The summed E-state index contributed by atoms with van der Waals surface area (Å²) in [6.07, 6.45) is 4.74. The summed E-state index contributed by atoms with van der Waals surface area (Å²) in [6.45, 7) is 3.02. The van der Waals surface area contributed by atoms with Crippen molar-refractivity contribution in [2.75, 3.05) is 0 Å². The molecule has 0 saturated heterocycles. The molecule has 0 radical (unpaired) electrons. The minimum absolute atomic E-state index is 0.333. The molecule has 0 spiro atoms. The molecule has 3 nitrogen and oxygen atoms in total. The molecule has 4 rings (SSSR count). The second kappa shape index (κ2) is 5.54. The highest BCUT2D eigenvalue weighted by atomic mass is 35.5. The quantitative estimate of drug-likeness (QED) is 0.607. The van der Waals surface area contributed by atoms with Crippen molar-refractivity contribution in [2.24, 2.45) is 0 Å². The Morgan fingerprint density at radius 3 is 2.31 bits per heavy atom. The molecule has 4 heterocycles. The summed E-state index contributed by atoms with van der Waals surface area (Å²) in [7, 11) is 0. The van der Waals surface area contributed by atoms with Gasteiger partial charge in [0.1, 0.15) is 5.71 Å². The van der Waals surface area contributed by atoms with Crippen LogP contribution in [0.4, 0.5) is 8.63 Å². The van der Waals surface area contributed by atoms with E-state index < -0.39 is 6.97 Å². The number of fused-ring (bicyclic) bond motifs is 2. The van der Waals surface area contributed by atoms with Crippen molar-refractivity contribution in [2.45, 2.75) is 27.7 Å². The maximum Gasteiger partial charge on any atom is 0.737 e. The van der Waals surface area contributed by atoms with Crippen molar-refractivity contribution < 1.29 is 13.1 Å². The Morgan fingerprint density at radius 1 is 1.08 bits per heavy atom. The largest absolute Gasteiger partial charge is 0.737 e. The van der Waals surface area contributed by atoms with Gasteiger partial charge >= 0.3 is 6.97 Å². The second-order valence-electron chi connectivity index (χ2n) is 6.82. The average molecular weight is 394 g/mol. The molecule has 0 aliphatic carbocycles. The van der Waals surface area contributed by atoms with Crippen molar-refractivity contribution in [1.29, 1.82) is 0 Å². The van der Waals surface area contributed by atoms with E-state index in [1.165, 1.54) is 12.4 Å². The molecular weight excluding hydrogens is 378 g/mol. The Balaban J connectivity index is 2.24. The molecule has 0 amide bonds. The van der Waals surface area contributed by atoms with E-state index in [2.05, 4.69) is 4.98 Å². The summed E-state index contributed by atoms with van der Waals surface area (Å²) >= 11 is 12.8. The highest BCUT2D eigenvalue weighted by molar-refractivity contribution is 6.58. The Labute approximate surface area is 160 Å². The summed E-state index contributed by atoms with van der Waals surface area (Å²) in [5, 5.41) is 0.666. The summed E-state index contributed by atoms with van der Waals surface area (Å²) in [6, 6.07) is 1.77. The highest BCUT2D eigenvalue weighted by Gasteiger charge is 2.55. The Bertz CT molecular complexity index is 1060. The van der Waals surface area contributed by atoms with Gasteiger partial charge < -0.3 is 17.6 Å². The van der Waals surface area contributed by atoms with Gasteiger partial charge in [0.15, 0.2) is 5.70 Å². The number of rotatable bonds is 1. The van der Waals surface area contributed by atoms with Crippen molar-refractivity contribution in [3.8, 4) is 0 Å². The lowest BCUT2D eigenvalue weighted by Gasteiger charge is -2.34. The van der Waals surface area contributed by atoms with Crippen LogP contribution in [0.5, 0.6) is 0 Å². The first kappa shape index (κ1) is 17.5. The number of nitrogens with zero attached hydrogens (tertiary/aromatic N) is 3. The lowest BCUT2D eigenvalue weighted by atomic mass is 9.84. The normalized spacial score (nSPS) is 18.2. The van der Waals surface area contributed by atoms with Crippen molar-refractivity contribution in [3.05, 3.63) is 68.4 Å². The first-order chi connectivity index (χ1) is 12.2. The Morgan fingerprint density at radius 2 is 1.69 bits per heavy atom. The van der Waals surface area contributed by atoms with Crippen LogP contribution in [-0.2, 0) is 0 Å². The third-order valence-corrected chi connectivity index (χ3v) is 5.61. The topological polar surface area (TPSA) is 20.8 Å². The molecule has 0 N–H and O–H groups in total. The van der Waals surface area contributed by atoms with E-state index in [9.17, 15) is 0 Å². The molecule has 2 aliphatic rings. The smallest absolute Gasteiger partial charge is 0.393 e. The highest BCUT2D eigenvalue weighted by Crippen LogP contribution is 2.46. The average Bonchev–Trinajstić information content (AvgIpc) is 2.99. The van der Waals surface area contributed by atoms with E-state index in [4.69, 9.17) is 23.2 Å². The van der Waals surface area contributed by atoms with Crippen LogP contribution >= 0.6 is 23.2 Å². The van der Waals surface area contributed by atoms with Gasteiger partial charge in [0.2, 0.25) is 0 Å². The molecule has 0 bridgehead atoms. The number of halogens is 4. The van der Waals surface area contributed by atoms with Crippen LogP contribution in [0, 0.1) is 13.8 Å². The zero-order valence-corrected chi connectivity index (χ0v) is 16.3. The summed E-state index contributed by atoms with van der Waals surface area (Å²) < 4.78 is 33.3. The standard InChI is InChI=1S/C18H16BCl2F2N3/c1-9-5-11(3)25-17(9)16(15-13(20)7-24-8-14(15)21)18-10(2)6-12(4)26(18)19(25,22)23/h5-8H,1-4H3. The van der Waals surface area contributed by atoms with E-state index in [-0.39, 0.29) is 0 Å². The molecule has 2 aromatic heterocycles. The molecule has 0 saturated carbocycles. The predicted octanol–water partition coefficient (Wildman–Crippen LogP) is 5.24. The van der Waals surface area contributed by atoms with Crippen LogP contribution in [0.25, 0.3) is 5.57 Å². The number of hydrogen-bond acceptors (Lipinski definition) is 1. The summed E-state index contributed by atoms with van der Waals surface area (Å²) in [4.78, 5) is 4.00. The summed E-state index contributed by atoms with van der Waals surface area (Å²) in [5.41, 5.74) is 4.56. The Kier molecular flexibility index (Phi) is 3.73. The molecule has 8 heteroatoms. The number of aryl methyl sites for hydroxylation is 2. The number of allylic oxidation sites excluding steroid dienone is 2. The van der Waals surface area contributed by atoms with Gasteiger partial charge in [-0.25, -0.2) is 0 Å². The van der Waals surface area contributed by atoms with Gasteiger partial charge in [-0.15, -0.1) is 0 Å². The van der Waals surface area contributed by atoms with E-state index in [1.54, 1.807) is 26.0 Å². The minimum atomic E-state index is -4.01. The van der Waals surface area contributed by atoms with E-state index in [0.717, 1.165) is 20.1 Å². The van der Waals surface area contributed by atoms with Crippen LogP contribution in [0.2, 0.25) is 10.0 Å². The molecule has 0 aromatic carbocycles. The van der Waals surface area contributed by atoms with Crippen LogP contribution in [0.15, 0.2) is 35.8 Å². The van der Waals surface area contributed by atoms with Crippen LogP contribution in [0.3, 0.4) is 0 Å². The first-order valence-electron chi connectivity index (χ1n) is 8.22. The van der Waals surface area contributed by atoms with E-state index in [0.29, 0.717) is 44.0 Å². The van der Waals surface area contributed by atoms with E-state index in [1.807, 2.05) is 13.8 Å². The fourth-order valence-corrected chi connectivity index (χ4v) is 4.74. The number of pyridine rings is 1. The molecular formula is C18H16BCl2F2N3. The van der Waals surface area contributed by atoms with Crippen molar-refractivity contribution in [3.63, 3.8) is 0 Å². The third-order valence-electron chi connectivity index (χ3n) is 5.04. The predicted molar refractivity (Wildman–Crippen MR) is 102 cm³/mol. The number of aromatic nitrogens is 2. The maximum atomic E-state index is 15.5. The molecule has 134 valence electrons. The van der Waals surface area contributed by atoms with Gasteiger partial charge in [0.05, 0.1) is 15.6 Å². The fraction of sp³-hybridized carbons (Fsp3) is 0.222.